The first-order valence-corrected chi connectivity index (χ1v) is 3.81. The van der Waals surface area contributed by atoms with Gasteiger partial charge in [0.15, 0.2) is 5.78 Å². The van der Waals surface area contributed by atoms with Crippen LogP contribution in [0, 0.1) is 5.41 Å². The predicted octanol–water partition coefficient (Wildman–Crippen LogP) is 1.56. The van der Waals surface area contributed by atoms with Crippen LogP contribution in [0.15, 0.2) is 12.2 Å². The lowest BCUT2D eigenvalue weighted by atomic mass is 9.81. The minimum atomic E-state index is -0.227. The van der Waals surface area contributed by atoms with Crippen molar-refractivity contribution in [2.45, 2.75) is 26.4 Å². The summed E-state index contributed by atoms with van der Waals surface area (Å²) in [4.78, 5) is 11.1. The zero-order valence-corrected chi connectivity index (χ0v) is 7.26. The van der Waals surface area contributed by atoms with E-state index < -0.39 is 0 Å². The van der Waals surface area contributed by atoms with Crippen molar-refractivity contribution in [1.82, 2.24) is 0 Å². The topological polar surface area (TPSA) is 26.3 Å². The molecule has 1 rings (SSSR count). The molecule has 0 saturated heterocycles. The fourth-order valence-electron chi connectivity index (χ4n) is 1.26. The van der Waals surface area contributed by atoms with E-state index in [9.17, 15) is 4.79 Å². The van der Waals surface area contributed by atoms with E-state index in [0.29, 0.717) is 0 Å². The van der Waals surface area contributed by atoms with E-state index >= 15 is 0 Å². The summed E-state index contributed by atoms with van der Waals surface area (Å²) in [6, 6.07) is 0. The van der Waals surface area contributed by atoms with Gasteiger partial charge in [-0.25, -0.2) is 0 Å². The average Bonchev–Trinajstić information content (AvgIpc) is 1.94. The standard InChI is InChI=1S/C9H14O2/c1-9(2)5-4-7(10)8(6-9)11-3/h4-5,8H,6H2,1-3H3. The molecule has 0 saturated carbocycles. The smallest absolute Gasteiger partial charge is 0.184 e. The number of ketones is 1. The number of methoxy groups -OCH3 is 1. The van der Waals surface area contributed by atoms with Gasteiger partial charge in [0, 0.05) is 7.11 Å². The highest BCUT2D eigenvalue weighted by atomic mass is 16.5. The van der Waals surface area contributed by atoms with Crippen molar-refractivity contribution in [3.8, 4) is 0 Å². The summed E-state index contributed by atoms with van der Waals surface area (Å²) in [5.41, 5.74) is 0.106. The molecular formula is C9H14O2. The Morgan fingerprint density at radius 2 is 2.27 bits per heavy atom. The number of carbonyl (C=O) groups excluding carboxylic acids is 1. The Morgan fingerprint density at radius 1 is 1.64 bits per heavy atom. The fourth-order valence-corrected chi connectivity index (χ4v) is 1.26. The van der Waals surface area contributed by atoms with Crippen LogP contribution < -0.4 is 0 Å². The fraction of sp³-hybridized carbons (Fsp3) is 0.667. The molecule has 62 valence electrons. The molecule has 0 bridgehead atoms. The van der Waals surface area contributed by atoms with Crippen molar-refractivity contribution < 1.29 is 9.53 Å². The summed E-state index contributed by atoms with van der Waals surface area (Å²) in [7, 11) is 1.58. The minimum Gasteiger partial charge on any atom is -0.373 e. The molecule has 0 fully saturated rings. The Morgan fingerprint density at radius 3 is 2.73 bits per heavy atom. The van der Waals surface area contributed by atoms with Crippen molar-refractivity contribution in [3.05, 3.63) is 12.2 Å². The van der Waals surface area contributed by atoms with Gasteiger partial charge in [-0.1, -0.05) is 19.9 Å². The Hall–Kier alpha value is -0.630. The number of carbonyl (C=O) groups is 1. The molecule has 0 aromatic carbocycles. The third kappa shape index (κ3) is 1.90. The van der Waals surface area contributed by atoms with E-state index in [1.165, 1.54) is 0 Å². The lowest BCUT2D eigenvalue weighted by molar-refractivity contribution is -0.126. The van der Waals surface area contributed by atoms with Crippen LogP contribution in [0.4, 0.5) is 0 Å². The third-order valence-corrected chi connectivity index (χ3v) is 2.01. The Bertz CT molecular complexity index is 192. The normalized spacial score (nSPS) is 29.0. The highest BCUT2D eigenvalue weighted by Gasteiger charge is 2.28. The monoisotopic (exact) mass is 154 g/mol. The largest absolute Gasteiger partial charge is 0.373 e. The van der Waals surface area contributed by atoms with Gasteiger partial charge in [-0.3, -0.25) is 4.79 Å². The number of hydrogen-bond acceptors (Lipinski definition) is 2. The SMILES string of the molecule is COC1CC(C)(C)C=CC1=O. The lowest BCUT2D eigenvalue weighted by Crippen LogP contribution is -2.31. The van der Waals surface area contributed by atoms with Crippen molar-refractivity contribution in [2.75, 3.05) is 7.11 Å². The molecule has 0 amide bonds. The summed E-state index contributed by atoms with van der Waals surface area (Å²) < 4.78 is 5.04. The molecular weight excluding hydrogens is 140 g/mol. The first-order valence-electron chi connectivity index (χ1n) is 3.81. The molecule has 1 unspecified atom stereocenters. The molecule has 1 atom stereocenters. The lowest BCUT2D eigenvalue weighted by Gasteiger charge is -2.28. The van der Waals surface area contributed by atoms with E-state index in [2.05, 4.69) is 13.8 Å². The zero-order valence-electron chi connectivity index (χ0n) is 7.26. The summed E-state index contributed by atoms with van der Waals surface area (Å²) in [6.07, 6.45) is 4.14. The van der Waals surface area contributed by atoms with Gasteiger partial charge in [0.2, 0.25) is 0 Å². The first kappa shape index (κ1) is 8.47. The number of allylic oxidation sites excluding steroid dienone is 1. The predicted molar refractivity (Wildman–Crippen MR) is 43.3 cm³/mol. The number of ether oxygens (including phenoxy) is 1. The van der Waals surface area contributed by atoms with Crippen molar-refractivity contribution in [2.24, 2.45) is 5.41 Å². The van der Waals surface area contributed by atoms with Crippen LogP contribution in [-0.4, -0.2) is 19.0 Å². The van der Waals surface area contributed by atoms with Crippen LogP contribution in [0.1, 0.15) is 20.3 Å². The van der Waals surface area contributed by atoms with Gasteiger partial charge in [-0.15, -0.1) is 0 Å². The number of hydrogen-bond donors (Lipinski definition) is 0. The molecule has 0 spiro atoms. The number of rotatable bonds is 1. The molecule has 0 N–H and O–H groups in total. The van der Waals surface area contributed by atoms with E-state index in [0.717, 1.165) is 6.42 Å². The van der Waals surface area contributed by atoms with Crippen LogP contribution in [0.25, 0.3) is 0 Å². The summed E-state index contributed by atoms with van der Waals surface area (Å²) >= 11 is 0. The van der Waals surface area contributed by atoms with Crippen LogP contribution in [0.5, 0.6) is 0 Å². The highest BCUT2D eigenvalue weighted by molar-refractivity contribution is 5.94. The van der Waals surface area contributed by atoms with E-state index in [1.54, 1.807) is 13.2 Å². The van der Waals surface area contributed by atoms with Gasteiger partial charge in [0.05, 0.1) is 0 Å². The molecule has 0 heterocycles. The summed E-state index contributed by atoms with van der Waals surface area (Å²) in [6.45, 7) is 4.20. The molecule has 11 heavy (non-hydrogen) atoms. The van der Waals surface area contributed by atoms with Crippen molar-refractivity contribution >= 4 is 5.78 Å². The van der Waals surface area contributed by atoms with Gasteiger partial charge < -0.3 is 4.74 Å². The maximum Gasteiger partial charge on any atom is 0.184 e. The Balaban J connectivity index is 2.75. The maximum atomic E-state index is 11.1. The summed E-state index contributed by atoms with van der Waals surface area (Å²) in [5, 5.41) is 0. The van der Waals surface area contributed by atoms with Gasteiger partial charge in [0.1, 0.15) is 6.10 Å². The second kappa shape index (κ2) is 2.78. The van der Waals surface area contributed by atoms with Gasteiger partial charge in [-0.05, 0) is 17.9 Å². The van der Waals surface area contributed by atoms with E-state index in [-0.39, 0.29) is 17.3 Å². The Labute approximate surface area is 67.2 Å². The quantitative estimate of drug-likeness (QED) is 0.573. The average molecular weight is 154 g/mol. The molecule has 2 heteroatoms. The van der Waals surface area contributed by atoms with Gasteiger partial charge in [0.25, 0.3) is 0 Å². The molecule has 0 aromatic heterocycles. The third-order valence-electron chi connectivity index (χ3n) is 2.01. The molecule has 2 nitrogen and oxygen atoms in total. The second-order valence-electron chi connectivity index (χ2n) is 3.65. The van der Waals surface area contributed by atoms with Crippen LogP contribution in [0.2, 0.25) is 0 Å². The van der Waals surface area contributed by atoms with Gasteiger partial charge in [-0.2, -0.15) is 0 Å². The Kier molecular flexibility index (Phi) is 2.14. The van der Waals surface area contributed by atoms with Crippen LogP contribution >= 0.6 is 0 Å². The van der Waals surface area contributed by atoms with E-state index in [1.807, 2.05) is 6.08 Å². The van der Waals surface area contributed by atoms with E-state index in [4.69, 9.17) is 4.74 Å². The van der Waals surface area contributed by atoms with Gasteiger partial charge >= 0.3 is 0 Å². The molecule has 1 aliphatic carbocycles. The van der Waals surface area contributed by atoms with Crippen molar-refractivity contribution in [1.29, 1.82) is 0 Å². The molecule has 0 aliphatic heterocycles. The second-order valence-corrected chi connectivity index (χ2v) is 3.65. The highest BCUT2D eigenvalue weighted by Crippen LogP contribution is 2.29. The maximum absolute atomic E-state index is 11.1. The van der Waals surface area contributed by atoms with Crippen LogP contribution in [-0.2, 0) is 9.53 Å². The first-order chi connectivity index (χ1) is 5.05. The summed E-state index contributed by atoms with van der Waals surface area (Å²) in [5.74, 6) is 0.0897. The molecule has 1 aliphatic rings. The van der Waals surface area contributed by atoms with Crippen LogP contribution in [0.3, 0.4) is 0 Å². The zero-order chi connectivity index (χ0) is 8.48. The molecule has 0 radical (unpaired) electrons. The molecule has 0 aromatic rings. The minimum absolute atomic E-state index is 0.0897. The van der Waals surface area contributed by atoms with Crippen molar-refractivity contribution in [3.63, 3.8) is 0 Å².